The highest BCUT2D eigenvalue weighted by atomic mass is 15.1. The van der Waals surface area contributed by atoms with E-state index >= 15 is 0 Å². The zero-order valence-corrected chi connectivity index (χ0v) is 15.1. The van der Waals surface area contributed by atoms with Crippen LogP contribution < -0.4 is 0 Å². The van der Waals surface area contributed by atoms with Gasteiger partial charge in [0.2, 0.25) is 0 Å². The van der Waals surface area contributed by atoms with Crippen molar-refractivity contribution in [3.05, 3.63) is 42.4 Å². The van der Waals surface area contributed by atoms with Crippen molar-refractivity contribution < 1.29 is 0 Å². The Kier molecular flexibility index (Phi) is 9.07. The summed E-state index contributed by atoms with van der Waals surface area (Å²) < 4.78 is 0. The second kappa shape index (κ2) is 11.7. The maximum atomic E-state index is 4.46. The Balaban J connectivity index is 1.55. The van der Waals surface area contributed by atoms with Crippen LogP contribution in [0.15, 0.2) is 36.5 Å². The van der Waals surface area contributed by atoms with E-state index in [2.05, 4.69) is 22.1 Å². The van der Waals surface area contributed by atoms with Crippen LogP contribution in [-0.2, 0) is 6.42 Å². The molecule has 2 aromatic rings. The molecule has 24 heavy (non-hydrogen) atoms. The molecule has 0 aliphatic heterocycles. The molecule has 0 bridgehead atoms. The molecule has 0 aliphatic carbocycles. The molecule has 130 valence electrons. The molecule has 0 unspecified atom stereocenters. The highest BCUT2D eigenvalue weighted by Crippen LogP contribution is 2.14. The molecule has 0 spiro atoms. The van der Waals surface area contributed by atoms with Crippen LogP contribution in [-0.4, -0.2) is 15.2 Å². The maximum absolute atomic E-state index is 4.46. The lowest BCUT2D eigenvalue weighted by Crippen LogP contribution is -1.99. The number of hydrogen-bond donors (Lipinski definition) is 0. The number of rotatable bonds is 12. The third kappa shape index (κ3) is 7.20. The highest BCUT2D eigenvalue weighted by molar-refractivity contribution is 5.56. The summed E-state index contributed by atoms with van der Waals surface area (Å²) in [6, 6.07) is 10.1. The predicted octanol–water partition coefficient (Wildman–Crippen LogP) is 6.00. The minimum atomic E-state index is 0.849. The molecule has 2 rings (SSSR count). The summed E-state index contributed by atoms with van der Waals surface area (Å²) in [5, 5.41) is 8.57. The van der Waals surface area contributed by atoms with Crippen LogP contribution >= 0.6 is 0 Å². The van der Waals surface area contributed by atoms with E-state index in [1.165, 1.54) is 64.2 Å². The Bertz CT molecular complexity index is 537. The minimum absolute atomic E-state index is 0.849. The molecule has 0 amide bonds. The van der Waals surface area contributed by atoms with Crippen LogP contribution in [0.4, 0.5) is 0 Å². The summed E-state index contributed by atoms with van der Waals surface area (Å²) in [4.78, 5) is 4.46. The van der Waals surface area contributed by atoms with E-state index in [1.807, 2.05) is 36.5 Å². The molecule has 0 radical (unpaired) electrons. The van der Waals surface area contributed by atoms with E-state index in [-0.39, 0.29) is 0 Å². The lowest BCUT2D eigenvalue weighted by atomic mass is 10.1. The fourth-order valence-corrected chi connectivity index (χ4v) is 2.93. The molecule has 0 saturated carbocycles. The third-order valence-electron chi connectivity index (χ3n) is 4.43. The first-order chi connectivity index (χ1) is 11.9. The molecule has 0 N–H and O–H groups in total. The number of benzene rings is 1. The van der Waals surface area contributed by atoms with Gasteiger partial charge in [-0.25, -0.2) is 4.98 Å². The minimum Gasteiger partial charge on any atom is -0.237 e. The largest absolute Gasteiger partial charge is 0.237 e. The van der Waals surface area contributed by atoms with Crippen LogP contribution in [0.2, 0.25) is 0 Å². The Morgan fingerprint density at radius 3 is 1.92 bits per heavy atom. The first-order valence-electron chi connectivity index (χ1n) is 9.64. The van der Waals surface area contributed by atoms with E-state index < -0.39 is 0 Å². The van der Waals surface area contributed by atoms with Crippen molar-refractivity contribution in [1.82, 2.24) is 15.2 Å². The topological polar surface area (TPSA) is 38.7 Å². The summed E-state index contributed by atoms with van der Waals surface area (Å²) in [7, 11) is 0. The molecule has 1 aromatic carbocycles. The molecule has 0 atom stereocenters. The normalized spacial score (nSPS) is 10.9. The second-order valence-electron chi connectivity index (χ2n) is 6.56. The Hall–Kier alpha value is -1.77. The van der Waals surface area contributed by atoms with Gasteiger partial charge in [0.25, 0.3) is 0 Å². The zero-order valence-electron chi connectivity index (χ0n) is 15.1. The van der Waals surface area contributed by atoms with Gasteiger partial charge in [0.15, 0.2) is 5.82 Å². The number of hydrogen-bond acceptors (Lipinski definition) is 3. The smallest absolute Gasteiger partial charge is 0.150 e. The van der Waals surface area contributed by atoms with Gasteiger partial charge < -0.3 is 0 Å². The van der Waals surface area contributed by atoms with E-state index in [0.29, 0.717) is 0 Å². The van der Waals surface area contributed by atoms with Gasteiger partial charge in [-0.1, -0.05) is 95.0 Å². The predicted molar refractivity (Wildman–Crippen MR) is 101 cm³/mol. The number of aryl methyl sites for hydroxylation is 1. The summed E-state index contributed by atoms with van der Waals surface area (Å²) in [6.45, 7) is 2.27. The van der Waals surface area contributed by atoms with Crippen molar-refractivity contribution in [3.8, 4) is 11.3 Å². The fraction of sp³-hybridized carbons (Fsp3) is 0.571. The van der Waals surface area contributed by atoms with Crippen molar-refractivity contribution in [1.29, 1.82) is 0 Å². The van der Waals surface area contributed by atoms with Crippen molar-refractivity contribution >= 4 is 0 Å². The van der Waals surface area contributed by atoms with E-state index in [1.54, 1.807) is 0 Å². The first kappa shape index (κ1) is 18.6. The zero-order chi connectivity index (χ0) is 16.9. The van der Waals surface area contributed by atoms with Crippen molar-refractivity contribution in [2.24, 2.45) is 0 Å². The number of nitrogens with zero attached hydrogens (tertiary/aromatic N) is 3. The Labute approximate surface area is 146 Å². The Morgan fingerprint density at radius 1 is 0.708 bits per heavy atom. The van der Waals surface area contributed by atoms with Gasteiger partial charge in [-0.3, -0.25) is 0 Å². The lowest BCUT2D eigenvalue weighted by molar-refractivity contribution is 0.553. The van der Waals surface area contributed by atoms with E-state index in [4.69, 9.17) is 0 Å². The van der Waals surface area contributed by atoms with E-state index in [9.17, 15) is 0 Å². The summed E-state index contributed by atoms with van der Waals surface area (Å²) >= 11 is 0. The molecule has 0 saturated heterocycles. The van der Waals surface area contributed by atoms with Gasteiger partial charge in [0.05, 0.1) is 6.20 Å². The SMILES string of the molecule is CCCCCCCCCCCCc1ncc(-c2ccccc2)nn1. The van der Waals surface area contributed by atoms with Gasteiger partial charge in [0, 0.05) is 12.0 Å². The summed E-state index contributed by atoms with van der Waals surface area (Å²) in [5.74, 6) is 0.870. The Morgan fingerprint density at radius 2 is 1.33 bits per heavy atom. The van der Waals surface area contributed by atoms with Crippen LogP contribution in [0.3, 0.4) is 0 Å². The molecule has 3 heteroatoms. The number of aromatic nitrogens is 3. The van der Waals surface area contributed by atoms with Gasteiger partial charge in [-0.15, -0.1) is 10.2 Å². The fourth-order valence-electron chi connectivity index (χ4n) is 2.93. The van der Waals surface area contributed by atoms with Gasteiger partial charge in [-0.2, -0.15) is 0 Å². The van der Waals surface area contributed by atoms with Gasteiger partial charge in [-0.05, 0) is 6.42 Å². The average molecular weight is 326 g/mol. The second-order valence-corrected chi connectivity index (χ2v) is 6.56. The molecular formula is C21H31N3. The maximum Gasteiger partial charge on any atom is 0.150 e. The molecule has 1 heterocycles. The van der Waals surface area contributed by atoms with Gasteiger partial charge in [0.1, 0.15) is 5.69 Å². The lowest BCUT2D eigenvalue weighted by Gasteiger charge is -2.03. The molecule has 0 aliphatic rings. The third-order valence-corrected chi connectivity index (χ3v) is 4.43. The summed E-state index contributed by atoms with van der Waals surface area (Å²) in [5.41, 5.74) is 1.92. The van der Waals surface area contributed by atoms with E-state index in [0.717, 1.165) is 23.5 Å². The van der Waals surface area contributed by atoms with Crippen molar-refractivity contribution in [3.63, 3.8) is 0 Å². The average Bonchev–Trinajstić information content (AvgIpc) is 2.64. The monoisotopic (exact) mass is 325 g/mol. The quantitative estimate of drug-likeness (QED) is 0.449. The van der Waals surface area contributed by atoms with Crippen LogP contribution in [0, 0.1) is 0 Å². The standard InChI is InChI=1S/C21H31N3/c1-2-3-4-5-6-7-8-9-10-14-17-21-22-18-20(23-24-21)19-15-12-11-13-16-19/h11-13,15-16,18H,2-10,14,17H2,1H3. The number of unbranched alkanes of at least 4 members (excludes halogenated alkanes) is 9. The van der Waals surface area contributed by atoms with Crippen LogP contribution in [0.25, 0.3) is 11.3 Å². The summed E-state index contributed by atoms with van der Waals surface area (Å²) in [6.07, 6.45) is 16.3. The first-order valence-corrected chi connectivity index (χ1v) is 9.64. The molecule has 0 fully saturated rings. The molecular weight excluding hydrogens is 294 g/mol. The van der Waals surface area contributed by atoms with Crippen LogP contribution in [0.5, 0.6) is 0 Å². The van der Waals surface area contributed by atoms with Crippen LogP contribution in [0.1, 0.15) is 77.0 Å². The van der Waals surface area contributed by atoms with Gasteiger partial charge >= 0.3 is 0 Å². The molecule has 1 aromatic heterocycles. The van der Waals surface area contributed by atoms with Crippen molar-refractivity contribution in [2.45, 2.75) is 77.6 Å². The molecule has 3 nitrogen and oxygen atoms in total. The van der Waals surface area contributed by atoms with Crippen molar-refractivity contribution in [2.75, 3.05) is 0 Å². The highest BCUT2D eigenvalue weighted by Gasteiger charge is 2.02.